The van der Waals surface area contributed by atoms with Crippen LogP contribution in [-0.2, 0) is 0 Å². The molecule has 2 aliphatic heterocycles. The third-order valence-corrected chi connectivity index (χ3v) is 7.86. The van der Waals surface area contributed by atoms with E-state index in [0.717, 1.165) is 49.7 Å². The molecule has 0 spiro atoms. The van der Waals surface area contributed by atoms with Crippen molar-refractivity contribution in [2.24, 2.45) is 5.73 Å². The molecule has 0 radical (unpaired) electrons. The molecule has 0 saturated carbocycles. The van der Waals surface area contributed by atoms with Gasteiger partial charge in [0.1, 0.15) is 11.6 Å². The second-order valence-corrected chi connectivity index (χ2v) is 10.3. The van der Waals surface area contributed by atoms with E-state index < -0.39 is 10.7 Å². The summed E-state index contributed by atoms with van der Waals surface area (Å²) < 4.78 is 1.96. The Balaban J connectivity index is 1.75. The van der Waals surface area contributed by atoms with Crippen molar-refractivity contribution in [1.29, 1.82) is 0 Å². The second-order valence-electron chi connectivity index (χ2n) is 8.07. The van der Waals surface area contributed by atoms with Crippen molar-refractivity contribution in [2.75, 3.05) is 55.8 Å². The molecule has 1 aromatic carbocycles. The van der Waals surface area contributed by atoms with E-state index in [2.05, 4.69) is 9.80 Å². The molecule has 9 nitrogen and oxygen atoms in total. The van der Waals surface area contributed by atoms with Crippen LogP contribution in [0.1, 0.15) is 17.8 Å². The highest BCUT2D eigenvalue weighted by atomic mass is 35.5. The van der Waals surface area contributed by atoms with Crippen LogP contribution in [0.4, 0.5) is 22.1 Å². The van der Waals surface area contributed by atoms with Gasteiger partial charge in [-0.2, -0.15) is 4.41 Å². The summed E-state index contributed by atoms with van der Waals surface area (Å²) in [7, 11) is -0.879. The molecule has 11 heteroatoms. The van der Waals surface area contributed by atoms with Gasteiger partial charge in [-0.1, -0.05) is 23.7 Å². The molecule has 1 saturated heterocycles. The predicted molar refractivity (Wildman–Crippen MR) is 135 cm³/mol. The molecule has 0 aliphatic carbocycles. The van der Waals surface area contributed by atoms with E-state index in [9.17, 15) is 9.90 Å². The number of aromatic nitrogens is 2. The summed E-state index contributed by atoms with van der Waals surface area (Å²) in [5.74, 6) is 2.12. The number of β-amino-alcohol motifs (C(OH)–C–C–N with tert-alkyl or cyclic N) is 1. The normalized spacial score (nSPS) is 19.5. The largest absolute Gasteiger partial charge is 0.395 e. The number of rotatable bonds is 6. The highest BCUT2D eigenvalue weighted by Crippen LogP contribution is 2.41. The first-order valence-electron chi connectivity index (χ1n) is 11.0. The number of benzene rings is 1. The van der Waals surface area contributed by atoms with Gasteiger partial charge < -0.3 is 15.7 Å². The van der Waals surface area contributed by atoms with Crippen molar-refractivity contribution < 1.29 is 9.90 Å². The van der Waals surface area contributed by atoms with E-state index in [-0.39, 0.29) is 11.8 Å². The lowest BCUT2D eigenvalue weighted by Gasteiger charge is -2.37. The van der Waals surface area contributed by atoms with Gasteiger partial charge in [0.25, 0.3) is 5.24 Å². The SMILES string of the molecule is Cc1nc(N2CCN(CCO)CC2)cc(N(c2c(C)cccc2Cl)N2CCC=S2C(N)=O)n1. The zero-order chi connectivity index (χ0) is 23.5. The van der Waals surface area contributed by atoms with Crippen molar-refractivity contribution in [3.05, 3.63) is 40.7 Å². The number of amides is 1. The van der Waals surface area contributed by atoms with E-state index in [1.165, 1.54) is 0 Å². The second kappa shape index (κ2) is 10.4. The third kappa shape index (κ3) is 5.15. The fourth-order valence-electron chi connectivity index (χ4n) is 4.21. The van der Waals surface area contributed by atoms with Crippen LogP contribution >= 0.6 is 22.3 Å². The number of nitrogens with two attached hydrogens (primary N) is 1. The fourth-order valence-corrected chi connectivity index (χ4v) is 6.03. The van der Waals surface area contributed by atoms with Gasteiger partial charge in [0.2, 0.25) is 0 Å². The molecular weight excluding hydrogens is 462 g/mol. The van der Waals surface area contributed by atoms with Crippen LogP contribution < -0.4 is 15.6 Å². The standard InChI is InChI=1S/C22H30ClN7O2S/c1-16-5-3-6-18(23)21(16)30(29-7-4-14-33(29)22(24)32)20-15-19(25-17(2)26-20)28-10-8-27(9-11-28)12-13-31/h3,5-6,14-15,31H,4,7-13H2,1-2H3,(H2,24,32). The highest BCUT2D eigenvalue weighted by Gasteiger charge is 2.31. The first kappa shape index (κ1) is 23.9. The molecule has 1 unspecified atom stereocenters. The van der Waals surface area contributed by atoms with Gasteiger partial charge in [0.15, 0.2) is 5.82 Å². The number of anilines is 3. The number of carbonyl (C=O) groups excluding carboxylic acids is 1. The molecule has 178 valence electrons. The monoisotopic (exact) mass is 491 g/mol. The molecular formula is C22H30ClN7O2S. The smallest absolute Gasteiger partial charge is 0.286 e. The summed E-state index contributed by atoms with van der Waals surface area (Å²) in [6, 6.07) is 7.70. The number of aliphatic hydroxyl groups is 1. The summed E-state index contributed by atoms with van der Waals surface area (Å²) in [6.45, 7) is 8.68. The number of hydrogen-bond acceptors (Lipinski definition) is 8. The molecule has 1 fully saturated rings. The highest BCUT2D eigenvalue weighted by molar-refractivity contribution is 8.25. The molecule has 1 aromatic heterocycles. The Morgan fingerprint density at radius 3 is 2.64 bits per heavy atom. The average molecular weight is 492 g/mol. The lowest BCUT2D eigenvalue weighted by Crippen LogP contribution is -2.47. The first-order valence-corrected chi connectivity index (χ1v) is 12.6. The van der Waals surface area contributed by atoms with Crippen molar-refractivity contribution in [3.63, 3.8) is 0 Å². The van der Waals surface area contributed by atoms with Gasteiger partial charge in [-0.3, -0.25) is 9.69 Å². The number of para-hydroxylation sites is 1. The van der Waals surface area contributed by atoms with Gasteiger partial charge in [-0.15, -0.1) is 0 Å². The molecule has 2 aromatic rings. The third-order valence-electron chi connectivity index (χ3n) is 5.79. The van der Waals surface area contributed by atoms with Gasteiger partial charge >= 0.3 is 0 Å². The Morgan fingerprint density at radius 1 is 1.21 bits per heavy atom. The maximum absolute atomic E-state index is 12.3. The Bertz CT molecular complexity index is 1040. The van der Waals surface area contributed by atoms with E-state index >= 15 is 0 Å². The van der Waals surface area contributed by atoms with Crippen LogP contribution in [-0.4, -0.2) is 80.9 Å². The molecule has 3 heterocycles. The predicted octanol–water partition coefficient (Wildman–Crippen LogP) is 2.68. The molecule has 3 N–H and O–H groups in total. The Labute approximate surface area is 201 Å². The minimum atomic E-state index is -0.879. The summed E-state index contributed by atoms with van der Waals surface area (Å²) in [5, 5.41) is 13.3. The van der Waals surface area contributed by atoms with E-state index in [1.807, 2.05) is 52.9 Å². The number of piperazine rings is 1. The number of hydrazine groups is 1. The molecule has 1 atom stereocenters. The number of hydrogen-bond donors (Lipinski definition) is 2. The van der Waals surface area contributed by atoms with E-state index in [1.54, 1.807) is 0 Å². The summed E-state index contributed by atoms with van der Waals surface area (Å²) >= 11 is 6.68. The van der Waals surface area contributed by atoms with Gasteiger partial charge in [-0.25, -0.2) is 15.0 Å². The number of aliphatic hydroxyl groups excluding tert-OH is 1. The van der Waals surface area contributed by atoms with Crippen molar-refractivity contribution in [3.8, 4) is 0 Å². The topological polar surface area (TPSA) is 102 Å². The summed E-state index contributed by atoms with van der Waals surface area (Å²) in [5.41, 5.74) is 7.50. The Kier molecular flexibility index (Phi) is 7.50. The van der Waals surface area contributed by atoms with Crippen molar-refractivity contribution in [1.82, 2.24) is 19.3 Å². The number of aryl methyl sites for hydroxylation is 2. The number of nitrogens with zero attached hydrogens (tertiary/aromatic N) is 6. The maximum Gasteiger partial charge on any atom is 0.286 e. The zero-order valence-corrected chi connectivity index (χ0v) is 20.5. The minimum Gasteiger partial charge on any atom is -0.395 e. The fraction of sp³-hybridized carbons (Fsp3) is 0.455. The number of primary amides is 1. The summed E-state index contributed by atoms with van der Waals surface area (Å²) in [6.07, 6.45) is 0.746. The zero-order valence-electron chi connectivity index (χ0n) is 18.9. The lowest BCUT2D eigenvalue weighted by molar-refractivity contribution is 0.188. The maximum atomic E-state index is 12.3. The van der Waals surface area contributed by atoms with Crippen molar-refractivity contribution >= 4 is 50.2 Å². The van der Waals surface area contributed by atoms with Crippen molar-refractivity contribution in [2.45, 2.75) is 20.3 Å². The number of carbonyl (C=O) groups is 1. The van der Waals surface area contributed by atoms with E-state index in [0.29, 0.717) is 29.8 Å². The van der Waals surface area contributed by atoms with Crippen LogP contribution in [0.3, 0.4) is 0 Å². The van der Waals surface area contributed by atoms with Crippen LogP contribution in [0.5, 0.6) is 0 Å². The lowest BCUT2D eigenvalue weighted by atomic mass is 10.2. The van der Waals surface area contributed by atoms with Gasteiger partial charge in [0, 0.05) is 45.3 Å². The molecule has 0 bridgehead atoms. The molecule has 1 amide bonds. The number of halogens is 1. The summed E-state index contributed by atoms with van der Waals surface area (Å²) in [4.78, 5) is 26.2. The Hall–Kier alpha value is -2.24. The quantitative estimate of drug-likeness (QED) is 0.595. The van der Waals surface area contributed by atoms with E-state index in [4.69, 9.17) is 27.3 Å². The average Bonchev–Trinajstić information content (AvgIpc) is 3.26. The molecule has 2 aliphatic rings. The van der Waals surface area contributed by atoms with Crippen LogP contribution in [0.25, 0.3) is 0 Å². The molecule has 4 rings (SSSR count). The minimum absolute atomic E-state index is 0.164. The first-order chi connectivity index (χ1) is 15.9. The molecule has 33 heavy (non-hydrogen) atoms. The van der Waals surface area contributed by atoms with Crippen LogP contribution in [0.15, 0.2) is 24.3 Å². The Morgan fingerprint density at radius 2 is 1.97 bits per heavy atom. The van der Waals surface area contributed by atoms with Crippen LogP contribution in [0, 0.1) is 13.8 Å². The van der Waals surface area contributed by atoms with Gasteiger partial charge in [-0.05, 0) is 47.9 Å². The van der Waals surface area contributed by atoms with Gasteiger partial charge in [0.05, 0.1) is 17.3 Å². The van der Waals surface area contributed by atoms with Crippen LogP contribution in [0.2, 0.25) is 5.02 Å².